The summed E-state index contributed by atoms with van der Waals surface area (Å²) < 4.78 is 4.83. The number of hydrogen-bond donors (Lipinski definition) is 0. The zero-order valence-electron chi connectivity index (χ0n) is 16.1. The van der Waals surface area contributed by atoms with Crippen molar-refractivity contribution < 1.29 is 14.3 Å². The number of aromatic nitrogens is 2. The molecular formula is C20H24ClN3O3. The van der Waals surface area contributed by atoms with E-state index in [4.69, 9.17) is 16.3 Å². The van der Waals surface area contributed by atoms with Crippen LogP contribution in [0.3, 0.4) is 0 Å². The number of likely N-dealkylation sites (N-methyl/N-ethyl adjacent to an activating group) is 1. The molecule has 0 saturated heterocycles. The Morgan fingerprint density at radius 1 is 1.15 bits per heavy atom. The van der Waals surface area contributed by atoms with E-state index in [9.17, 15) is 9.59 Å². The molecule has 1 aromatic carbocycles. The van der Waals surface area contributed by atoms with Crippen LogP contribution in [0.5, 0.6) is 0 Å². The van der Waals surface area contributed by atoms with Crippen LogP contribution in [0.1, 0.15) is 54.3 Å². The highest BCUT2D eigenvalue weighted by atomic mass is 35.5. The molecule has 7 heteroatoms. The van der Waals surface area contributed by atoms with Crippen LogP contribution in [-0.4, -0.2) is 40.9 Å². The topological polar surface area (TPSA) is 72.4 Å². The molecule has 2 atom stereocenters. The molecule has 0 bridgehead atoms. The van der Waals surface area contributed by atoms with E-state index >= 15 is 0 Å². The van der Waals surface area contributed by atoms with Crippen LogP contribution in [0.15, 0.2) is 36.8 Å². The van der Waals surface area contributed by atoms with E-state index in [0.717, 1.165) is 5.56 Å². The molecule has 0 radical (unpaired) electrons. The first kappa shape index (κ1) is 20.8. The first-order chi connectivity index (χ1) is 12.8. The molecule has 1 aromatic heterocycles. The van der Waals surface area contributed by atoms with Crippen LogP contribution in [-0.2, 0) is 9.53 Å². The Morgan fingerprint density at radius 2 is 1.78 bits per heavy atom. The first-order valence-corrected chi connectivity index (χ1v) is 9.06. The van der Waals surface area contributed by atoms with Crippen molar-refractivity contribution in [1.29, 1.82) is 0 Å². The summed E-state index contributed by atoms with van der Waals surface area (Å²) in [7, 11) is 3.03. The highest BCUT2D eigenvalue weighted by Crippen LogP contribution is 2.32. The number of carbonyl (C=O) groups excluding carboxylic acids is 2. The maximum Gasteiger partial charge on any atom is 0.357 e. The fourth-order valence-electron chi connectivity index (χ4n) is 3.18. The van der Waals surface area contributed by atoms with Crippen molar-refractivity contribution in [3.05, 3.63) is 58.6 Å². The predicted molar refractivity (Wildman–Crippen MR) is 104 cm³/mol. The van der Waals surface area contributed by atoms with E-state index in [1.165, 1.54) is 13.4 Å². The second kappa shape index (κ2) is 8.95. The summed E-state index contributed by atoms with van der Waals surface area (Å²) in [4.78, 5) is 35.0. The standard InChI is InChI=1S/C20H24ClN3O3/c1-12(2)18(16-10-22-11-23-17(16)20(26)27-5)24(4)19(25)13(3)14-6-8-15(21)9-7-14/h6-13,18H,1-5H3. The molecule has 6 nitrogen and oxygen atoms in total. The number of hydrogen-bond acceptors (Lipinski definition) is 5. The summed E-state index contributed by atoms with van der Waals surface area (Å²) in [6, 6.07) is 6.84. The molecule has 2 unspecified atom stereocenters. The molecule has 1 heterocycles. The lowest BCUT2D eigenvalue weighted by molar-refractivity contribution is -0.134. The average Bonchev–Trinajstić information content (AvgIpc) is 2.67. The molecule has 0 saturated carbocycles. The number of ether oxygens (including phenoxy) is 1. The monoisotopic (exact) mass is 389 g/mol. The van der Waals surface area contributed by atoms with Gasteiger partial charge in [-0.1, -0.05) is 37.6 Å². The van der Waals surface area contributed by atoms with Crippen LogP contribution >= 0.6 is 11.6 Å². The Kier molecular flexibility index (Phi) is 6.91. The maximum absolute atomic E-state index is 13.1. The summed E-state index contributed by atoms with van der Waals surface area (Å²) in [5.74, 6) is -0.953. The van der Waals surface area contributed by atoms with Crippen molar-refractivity contribution in [2.24, 2.45) is 5.92 Å². The van der Waals surface area contributed by atoms with E-state index in [1.54, 1.807) is 30.3 Å². The summed E-state index contributed by atoms with van der Waals surface area (Å²) in [6.07, 6.45) is 2.87. The van der Waals surface area contributed by atoms with Crippen LogP contribution < -0.4 is 0 Å². The molecule has 144 valence electrons. The quantitative estimate of drug-likeness (QED) is 0.701. The minimum Gasteiger partial charge on any atom is -0.464 e. The SMILES string of the molecule is COC(=O)c1ncncc1C(C(C)C)N(C)C(=O)C(C)c1ccc(Cl)cc1. The number of rotatable bonds is 6. The van der Waals surface area contributed by atoms with Crippen molar-refractivity contribution in [3.63, 3.8) is 0 Å². The van der Waals surface area contributed by atoms with Gasteiger partial charge in [-0.05, 0) is 30.5 Å². The number of nitrogens with zero attached hydrogens (tertiary/aromatic N) is 3. The third-order valence-corrected chi connectivity index (χ3v) is 4.83. The van der Waals surface area contributed by atoms with Gasteiger partial charge < -0.3 is 9.64 Å². The van der Waals surface area contributed by atoms with Gasteiger partial charge in [0.05, 0.1) is 19.1 Å². The molecule has 0 aliphatic rings. The number of amides is 1. The predicted octanol–water partition coefficient (Wildman–Crippen LogP) is 3.88. The van der Waals surface area contributed by atoms with Gasteiger partial charge in [-0.3, -0.25) is 4.79 Å². The van der Waals surface area contributed by atoms with E-state index in [-0.39, 0.29) is 29.5 Å². The number of esters is 1. The lowest BCUT2D eigenvalue weighted by Crippen LogP contribution is -2.37. The average molecular weight is 390 g/mol. The summed E-state index contributed by atoms with van der Waals surface area (Å²) in [6.45, 7) is 5.81. The van der Waals surface area contributed by atoms with Crippen molar-refractivity contribution in [3.8, 4) is 0 Å². The van der Waals surface area contributed by atoms with Gasteiger partial charge in [-0.2, -0.15) is 0 Å². The molecule has 2 rings (SSSR count). The highest BCUT2D eigenvalue weighted by molar-refractivity contribution is 6.30. The Hall–Kier alpha value is -2.47. The Bertz CT molecular complexity index is 808. The van der Waals surface area contributed by atoms with Gasteiger partial charge in [0.15, 0.2) is 5.69 Å². The molecule has 0 aliphatic heterocycles. The van der Waals surface area contributed by atoms with Gasteiger partial charge in [-0.15, -0.1) is 0 Å². The van der Waals surface area contributed by atoms with Gasteiger partial charge in [0.25, 0.3) is 0 Å². The molecular weight excluding hydrogens is 366 g/mol. The third-order valence-electron chi connectivity index (χ3n) is 4.57. The van der Waals surface area contributed by atoms with Crippen molar-refractivity contribution in [2.45, 2.75) is 32.7 Å². The van der Waals surface area contributed by atoms with Gasteiger partial charge in [0.1, 0.15) is 6.33 Å². The van der Waals surface area contributed by atoms with E-state index in [1.807, 2.05) is 32.9 Å². The van der Waals surface area contributed by atoms with Gasteiger partial charge >= 0.3 is 5.97 Å². The Morgan fingerprint density at radius 3 is 2.33 bits per heavy atom. The second-order valence-electron chi connectivity index (χ2n) is 6.73. The molecule has 2 aromatic rings. The summed E-state index contributed by atoms with van der Waals surface area (Å²) >= 11 is 5.94. The normalized spacial score (nSPS) is 13.1. The zero-order valence-corrected chi connectivity index (χ0v) is 16.9. The molecule has 0 spiro atoms. The van der Waals surface area contributed by atoms with E-state index in [0.29, 0.717) is 10.6 Å². The van der Waals surface area contributed by atoms with Crippen LogP contribution in [0.4, 0.5) is 0 Å². The summed E-state index contributed by atoms with van der Waals surface area (Å²) in [5.41, 5.74) is 1.61. The van der Waals surface area contributed by atoms with Crippen molar-refractivity contribution in [2.75, 3.05) is 14.2 Å². The van der Waals surface area contributed by atoms with E-state index in [2.05, 4.69) is 9.97 Å². The van der Waals surface area contributed by atoms with Crippen LogP contribution in [0, 0.1) is 5.92 Å². The van der Waals surface area contributed by atoms with Crippen molar-refractivity contribution >= 4 is 23.5 Å². The smallest absolute Gasteiger partial charge is 0.357 e. The van der Waals surface area contributed by atoms with Gasteiger partial charge in [0, 0.05) is 23.8 Å². The van der Waals surface area contributed by atoms with Gasteiger partial charge in [-0.25, -0.2) is 14.8 Å². The molecule has 0 fully saturated rings. The summed E-state index contributed by atoms with van der Waals surface area (Å²) in [5, 5.41) is 0.621. The second-order valence-corrected chi connectivity index (χ2v) is 7.17. The van der Waals surface area contributed by atoms with Crippen LogP contribution in [0.25, 0.3) is 0 Å². The van der Waals surface area contributed by atoms with Crippen LogP contribution in [0.2, 0.25) is 5.02 Å². The fourth-order valence-corrected chi connectivity index (χ4v) is 3.30. The lowest BCUT2D eigenvalue weighted by atomic mass is 9.92. The van der Waals surface area contributed by atoms with Gasteiger partial charge in [0.2, 0.25) is 5.91 Å². The minimum atomic E-state index is -0.551. The molecule has 27 heavy (non-hydrogen) atoms. The fraction of sp³-hybridized carbons (Fsp3) is 0.400. The molecule has 1 amide bonds. The first-order valence-electron chi connectivity index (χ1n) is 8.68. The third kappa shape index (κ3) is 4.63. The zero-order chi connectivity index (χ0) is 20.1. The lowest BCUT2D eigenvalue weighted by Gasteiger charge is -2.34. The number of benzene rings is 1. The maximum atomic E-state index is 13.1. The Balaban J connectivity index is 2.38. The number of carbonyl (C=O) groups is 2. The number of methoxy groups -OCH3 is 1. The van der Waals surface area contributed by atoms with Crippen molar-refractivity contribution in [1.82, 2.24) is 14.9 Å². The largest absolute Gasteiger partial charge is 0.464 e. The minimum absolute atomic E-state index is 0.0331. The number of halogens is 1. The highest BCUT2D eigenvalue weighted by Gasteiger charge is 2.32. The molecule has 0 N–H and O–H groups in total. The Labute approximate surface area is 164 Å². The van der Waals surface area contributed by atoms with E-state index < -0.39 is 5.97 Å². The molecule has 0 aliphatic carbocycles.